The Morgan fingerprint density at radius 3 is 2.54 bits per heavy atom. The molecule has 2 aromatic carbocycles. The minimum absolute atomic E-state index is 0. The predicted octanol–water partition coefficient (Wildman–Crippen LogP) is 4.64. The third kappa shape index (κ3) is 4.04. The summed E-state index contributed by atoms with van der Waals surface area (Å²) in [6.45, 7) is 4.85. The summed E-state index contributed by atoms with van der Waals surface area (Å²) in [4.78, 5) is 5.63. The molecule has 1 aromatic heterocycles. The molecule has 126 valence electrons. The Morgan fingerprint density at radius 2 is 1.83 bits per heavy atom. The largest absolute Gasteiger partial charge is 0.395 e. The molecule has 0 aliphatic rings. The van der Waals surface area contributed by atoms with Gasteiger partial charge in [0.05, 0.1) is 18.0 Å². The minimum Gasteiger partial charge on any atom is -0.395 e. The van der Waals surface area contributed by atoms with Crippen LogP contribution in [0.15, 0.2) is 58.9 Å². The molecule has 3 aromatic rings. The number of halogens is 1. The van der Waals surface area contributed by atoms with E-state index < -0.39 is 0 Å². The molecule has 3 rings (SSSR count). The maximum atomic E-state index is 9.47. The minimum atomic E-state index is 0. The topological polar surface area (TPSA) is 37.5 Å². The molecule has 0 unspecified atom stereocenters. The molecule has 0 saturated carbocycles. The van der Waals surface area contributed by atoms with Crippen LogP contribution in [-0.4, -0.2) is 16.3 Å². The molecule has 0 radical (unpaired) electrons. The number of rotatable bonds is 4. The zero-order valence-corrected chi connectivity index (χ0v) is 16.3. The van der Waals surface area contributed by atoms with Crippen LogP contribution in [0.5, 0.6) is 0 Å². The van der Waals surface area contributed by atoms with Crippen molar-refractivity contribution in [3.8, 4) is 11.3 Å². The maximum absolute atomic E-state index is 9.47. The number of para-hydroxylation sites is 1. The van der Waals surface area contributed by atoms with Gasteiger partial charge >= 0.3 is 0 Å². The summed E-state index contributed by atoms with van der Waals surface area (Å²) in [7, 11) is 0. The Hall–Kier alpha value is -1.69. The highest BCUT2D eigenvalue weighted by molar-refractivity contribution is 8.93. The normalized spacial score (nSPS) is 11.4. The van der Waals surface area contributed by atoms with E-state index in [-0.39, 0.29) is 23.6 Å². The lowest BCUT2D eigenvalue weighted by Crippen LogP contribution is -2.18. The Labute approximate surface area is 156 Å². The zero-order chi connectivity index (χ0) is 16.2. The van der Waals surface area contributed by atoms with Crippen molar-refractivity contribution in [3.63, 3.8) is 0 Å². The smallest absolute Gasteiger partial charge is 0.190 e. The predicted molar refractivity (Wildman–Crippen MR) is 106 cm³/mol. The van der Waals surface area contributed by atoms with Gasteiger partial charge in [-0.3, -0.25) is 0 Å². The summed E-state index contributed by atoms with van der Waals surface area (Å²) >= 11 is 1.61. The van der Waals surface area contributed by atoms with Gasteiger partial charge in [0.1, 0.15) is 0 Å². The summed E-state index contributed by atoms with van der Waals surface area (Å²) in [5.74, 6) is 0. The van der Waals surface area contributed by atoms with Gasteiger partial charge in [-0.05, 0) is 37.6 Å². The van der Waals surface area contributed by atoms with E-state index in [0.29, 0.717) is 6.54 Å². The average Bonchev–Trinajstić information content (AvgIpc) is 2.94. The molecule has 5 heteroatoms. The Kier molecular flexibility index (Phi) is 6.54. The number of hydrogen-bond acceptors (Lipinski definition) is 3. The fourth-order valence-electron chi connectivity index (χ4n) is 2.58. The molecule has 24 heavy (non-hydrogen) atoms. The quantitative estimate of drug-likeness (QED) is 0.675. The van der Waals surface area contributed by atoms with Gasteiger partial charge in [-0.15, -0.1) is 28.3 Å². The van der Waals surface area contributed by atoms with Crippen LogP contribution in [0.2, 0.25) is 0 Å². The summed E-state index contributed by atoms with van der Waals surface area (Å²) in [6.07, 6.45) is 0. The number of benzene rings is 2. The van der Waals surface area contributed by atoms with E-state index in [0.717, 1.165) is 16.2 Å². The lowest BCUT2D eigenvalue weighted by Gasteiger charge is -2.11. The van der Waals surface area contributed by atoms with Crippen molar-refractivity contribution in [2.75, 3.05) is 6.61 Å². The first kappa shape index (κ1) is 18.6. The number of aliphatic hydroxyl groups excluding tert-OH is 1. The molecule has 3 nitrogen and oxygen atoms in total. The lowest BCUT2D eigenvalue weighted by atomic mass is 10.0. The molecule has 0 aliphatic heterocycles. The van der Waals surface area contributed by atoms with Gasteiger partial charge in [-0.1, -0.05) is 35.9 Å². The van der Waals surface area contributed by atoms with Crippen molar-refractivity contribution >= 4 is 34.0 Å². The highest BCUT2D eigenvalue weighted by atomic mass is 79.9. The van der Waals surface area contributed by atoms with Crippen LogP contribution in [0.25, 0.3) is 11.3 Å². The van der Waals surface area contributed by atoms with Crippen LogP contribution in [0.4, 0.5) is 5.69 Å². The Bertz CT molecular complexity index is 869. The standard InChI is InChI=1S/C19H20N2OS.BrH/c1-14-8-9-15(2)17(12-14)18-13-23-19(21(18)10-11-22)20-16-6-4-3-5-7-16;/h3-9,12-13,22H,10-11H2,1-2H3;1H. The van der Waals surface area contributed by atoms with Gasteiger partial charge in [0, 0.05) is 17.5 Å². The second-order valence-electron chi connectivity index (χ2n) is 5.54. The van der Waals surface area contributed by atoms with Crippen LogP contribution in [0.3, 0.4) is 0 Å². The average molecular weight is 405 g/mol. The molecule has 1 heterocycles. The van der Waals surface area contributed by atoms with Crippen LogP contribution in [0.1, 0.15) is 11.1 Å². The molecular weight excluding hydrogens is 384 g/mol. The zero-order valence-electron chi connectivity index (χ0n) is 13.8. The third-order valence-electron chi connectivity index (χ3n) is 3.77. The SMILES string of the molecule is Br.Cc1ccc(C)c(-c2csc(=Nc3ccccc3)n2CCO)c1. The molecule has 1 N–H and O–H groups in total. The van der Waals surface area contributed by atoms with Crippen molar-refractivity contribution in [1.82, 2.24) is 4.57 Å². The number of aliphatic hydroxyl groups is 1. The second kappa shape index (κ2) is 8.42. The van der Waals surface area contributed by atoms with Gasteiger partial charge < -0.3 is 9.67 Å². The fraction of sp³-hybridized carbons (Fsp3) is 0.211. The molecular formula is C19H21BrN2OS. The highest BCUT2D eigenvalue weighted by Gasteiger charge is 2.10. The number of thiazole rings is 1. The molecule has 0 fully saturated rings. The summed E-state index contributed by atoms with van der Waals surface area (Å²) < 4.78 is 2.10. The van der Waals surface area contributed by atoms with E-state index in [1.165, 1.54) is 16.7 Å². The Balaban J connectivity index is 0.00000208. The van der Waals surface area contributed by atoms with Gasteiger partial charge in [0.15, 0.2) is 4.80 Å². The molecule has 0 atom stereocenters. The van der Waals surface area contributed by atoms with Gasteiger partial charge in [0.2, 0.25) is 0 Å². The van der Waals surface area contributed by atoms with Crippen LogP contribution >= 0.6 is 28.3 Å². The number of nitrogens with zero attached hydrogens (tertiary/aromatic N) is 2. The molecule has 0 aliphatic carbocycles. The Morgan fingerprint density at radius 1 is 1.08 bits per heavy atom. The van der Waals surface area contributed by atoms with Crippen molar-refractivity contribution in [3.05, 3.63) is 69.8 Å². The molecule has 0 amide bonds. The van der Waals surface area contributed by atoms with Gasteiger partial charge in [0.25, 0.3) is 0 Å². The fourth-order valence-corrected chi connectivity index (χ4v) is 3.52. The maximum Gasteiger partial charge on any atom is 0.190 e. The van der Waals surface area contributed by atoms with Crippen molar-refractivity contribution < 1.29 is 5.11 Å². The van der Waals surface area contributed by atoms with E-state index in [1.54, 1.807) is 11.3 Å². The van der Waals surface area contributed by atoms with Crippen molar-refractivity contribution in [1.29, 1.82) is 0 Å². The number of aromatic nitrogens is 1. The van der Waals surface area contributed by atoms with Crippen LogP contribution in [-0.2, 0) is 6.54 Å². The highest BCUT2D eigenvalue weighted by Crippen LogP contribution is 2.25. The van der Waals surface area contributed by atoms with Crippen molar-refractivity contribution in [2.45, 2.75) is 20.4 Å². The lowest BCUT2D eigenvalue weighted by molar-refractivity contribution is 0.275. The van der Waals surface area contributed by atoms with Gasteiger partial charge in [-0.2, -0.15) is 0 Å². The number of aryl methyl sites for hydroxylation is 2. The number of hydrogen-bond donors (Lipinski definition) is 1. The van der Waals surface area contributed by atoms with E-state index in [2.05, 4.69) is 42.0 Å². The summed E-state index contributed by atoms with van der Waals surface area (Å²) in [6, 6.07) is 16.4. The molecule has 0 spiro atoms. The van der Waals surface area contributed by atoms with E-state index in [4.69, 9.17) is 4.99 Å². The summed E-state index contributed by atoms with van der Waals surface area (Å²) in [5, 5.41) is 11.6. The third-order valence-corrected chi connectivity index (χ3v) is 4.63. The van der Waals surface area contributed by atoms with E-state index in [1.807, 2.05) is 30.3 Å². The van der Waals surface area contributed by atoms with E-state index in [9.17, 15) is 5.11 Å². The first-order valence-electron chi connectivity index (χ1n) is 7.65. The first-order chi connectivity index (χ1) is 11.2. The summed E-state index contributed by atoms with van der Waals surface area (Å²) in [5.41, 5.74) is 5.69. The van der Waals surface area contributed by atoms with Gasteiger partial charge in [-0.25, -0.2) is 4.99 Å². The molecule has 0 bridgehead atoms. The van der Waals surface area contributed by atoms with Crippen LogP contribution in [0, 0.1) is 13.8 Å². The molecule has 0 saturated heterocycles. The monoisotopic (exact) mass is 404 g/mol. The van der Waals surface area contributed by atoms with Crippen molar-refractivity contribution in [2.24, 2.45) is 4.99 Å². The van der Waals surface area contributed by atoms with E-state index >= 15 is 0 Å². The first-order valence-corrected chi connectivity index (χ1v) is 8.53. The second-order valence-corrected chi connectivity index (χ2v) is 6.38. The van der Waals surface area contributed by atoms with Crippen LogP contribution < -0.4 is 4.80 Å².